The predicted octanol–water partition coefficient (Wildman–Crippen LogP) is 2.41. The first-order chi connectivity index (χ1) is 9.26. The second-order valence-electron chi connectivity index (χ2n) is 5.95. The molecule has 2 heterocycles. The van der Waals surface area contributed by atoms with Crippen molar-refractivity contribution in [1.82, 2.24) is 20.1 Å². The summed E-state index contributed by atoms with van der Waals surface area (Å²) in [5, 5.41) is 7.28. The minimum absolute atomic E-state index is 0.120. The van der Waals surface area contributed by atoms with Gasteiger partial charge in [-0.2, -0.15) is 5.10 Å². The van der Waals surface area contributed by atoms with Gasteiger partial charge in [-0.15, -0.1) is 0 Å². The lowest BCUT2D eigenvalue weighted by Gasteiger charge is -2.20. The van der Waals surface area contributed by atoms with E-state index in [2.05, 4.69) is 15.4 Å². The first-order valence-electron chi connectivity index (χ1n) is 6.58. The van der Waals surface area contributed by atoms with Gasteiger partial charge < -0.3 is 5.32 Å². The lowest BCUT2D eigenvalue weighted by molar-refractivity contribution is 0.0919. The largest absolute Gasteiger partial charge is 0.347 e. The summed E-state index contributed by atoms with van der Waals surface area (Å²) in [5.74, 6) is 0.591. The van der Waals surface area contributed by atoms with Gasteiger partial charge in [0, 0.05) is 17.4 Å². The molecule has 0 aliphatic carbocycles. The van der Waals surface area contributed by atoms with Crippen LogP contribution in [0.4, 0.5) is 0 Å². The van der Waals surface area contributed by atoms with Crippen molar-refractivity contribution in [1.29, 1.82) is 0 Å². The van der Waals surface area contributed by atoms with Crippen molar-refractivity contribution in [3.05, 3.63) is 41.3 Å². The highest BCUT2D eigenvalue weighted by Gasteiger charge is 2.15. The van der Waals surface area contributed by atoms with Crippen LogP contribution in [-0.2, 0) is 0 Å². The Hall–Kier alpha value is -2.17. The summed E-state index contributed by atoms with van der Waals surface area (Å²) in [6.07, 6.45) is 1.58. The molecule has 0 fully saturated rings. The molecule has 0 radical (unpaired) electrons. The molecule has 5 nitrogen and oxygen atoms in total. The van der Waals surface area contributed by atoms with E-state index < -0.39 is 0 Å². The van der Waals surface area contributed by atoms with Gasteiger partial charge in [0.15, 0.2) is 5.82 Å². The van der Waals surface area contributed by atoms with Crippen LogP contribution in [0, 0.1) is 13.8 Å². The van der Waals surface area contributed by atoms with Crippen LogP contribution in [0.3, 0.4) is 0 Å². The van der Waals surface area contributed by atoms with Crippen molar-refractivity contribution >= 4 is 5.91 Å². The second-order valence-corrected chi connectivity index (χ2v) is 5.95. The molecule has 0 unspecified atom stereocenters. The lowest BCUT2D eigenvalue weighted by Crippen LogP contribution is -2.40. The number of aromatic nitrogens is 3. The van der Waals surface area contributed by atoms with Crippen LogP contribution in [0.5, 0.6) is 0 Å². The molecule has 0 aliphatic rings. The van der Waals surface area contributed by atoms with Crippen molar-refractivity contribution in [3.8, 4) is 5.82 Å². The monoisotopic (exact) mass is 272 g/mol. The topological polar surface area (TPSA) is 59.8 Å². The number of pyridine rings is 1. The smallest absolute Gasteiger partial charge is 0.253 e. The molecule has 2 aromatic heterocycles. The molecular weight excluding hydrogens is 252 g/mol. The zero-order valence-corrected chi connectivity index (χ0v) is 12.6. The molecule has 0 saturated carbocycles. The van der Waals surface area contributed by atoms with Gasteiger partial charge in [0.25, 0.3) is 5.91 Å². The van der Waals surface area contributed by atoms with E-state index in [0.717, 1.165) is 11.4 Å². The number of rotatable bonds is 2. The van der Waals surface area contributed by atoms with Gasteiger partial charge in [-0.05, 0) is 52.8 Å². The fourth-order valence-corrected chi connectivity index (χ4v) is 1.92. The SMILES string of the molecule is Cc1cc(C)n(-c2ccc(C(=O)NC(C)(C)C)cn2)n1. The maximum Gasteiger partial charge on any atom is 0.253 e. The Morgan fingerprint density at radius 3 is 2.40 bits per heavy atom. The molecule has 1 amide bonds. The quantitative estimate of drug-likeness (QED) is 0.913. The summed E-state index contributed by atoms with van der Waals surface area (Å²) in [4.78, 5) is 16.3. The highest BCUT2D eigenvalue weighted by molar-refractivity contribution is 5.94. The number of hydrogen-bond donors (Lipinski definition) is 1. The number of amides is 1. The van der Waals surface area contributed by atoms with E-state index in [9.17, 15) is 4.79 Å². The molecule has 0 atom stereocenters. The summed E-state index contributed by atoms with van der Waals surface area (Å²) in [6.45, 7) is 9.75. The Morgan fingerprint density at radius 2 is 1.95 bits per heavy atom. The third-order valence-electron chi connectivity index (χ3n) is 2.73. The van der Waals surface area contributed by atoms with Crippen LogP contribution in [0.15, 0.2) is 24.4 Å². The van der Waals surface area contributed by atoms with Crippen LogP contribution in [-0.4, -0.2) is 26.2 Å². The van der Waals surface area contributed by atoms with E-state index in [1.54, 1.807) is 23.0 Å². The Bertz CT molecular complexity index is 620. The van der Waals surface area contributed by atoms with Gasteiger partial charge in [0.2, 0.25) is 0 Å². The number of nitrogens with zero attached hydrogens (tertiary/aromatic N) is 3. The molecule has 1 N–H and O–H groups in total. The highest BCUT2D eigenvalue weighted by atomic mass is 16.1. The predicted molar refractivity (Wildman–Crippen MR) is 78.1 cm³/mol. The molecule has 106 valence electrons. The van der Waals surface area contributed by atoms with Crippen LogP contribution in [0.1, 0.15) is 42.5 Å². The van der Waals surface area contributed by atoms with Crippen LogP contribution in [0.25, 0.3) is 5.82 Å². The molecule has 2 aromatic rings. The van der Waals surface area contributed by atoms with Crippen molar-refractivity contribution in [2.75, 3.05) is 0 Å². The third-order valence-corrected chi connectivity index (χ3v) is 2.73. The minimum Gasteiger partial charge on any atom is -0.347 e. The molecule has 0 saturated heterocycles. The summed E-state index contributed by atoms with van der Waals surface area (Å²) in [7, 11) is 0. The van der Waals surface area contributed by atoms with Crippen molar-refractivity contribution in [2.45, 2.75) is 40.2 Å². The number of carbonyl (C=O) groups is 1. The van der Waals surface area contributed by atoms with Gasteiger partial charge >= 0.3 is 0 Å². The fraction of sp³-hybridized carbons (Fsp3) is 0.400. The zero-order chi connectivity index (χ0) is 14.9. The fourth-order valence-electron chi connectivity index (χ4n) is 1.92. The van der Waals surface area contributed by atoms with E-state index in [4.69, 9.17) is 0 Å². The number of carbonyl (C=O) groups excluding carboxylic acids is 1. The van der Waals surface area contributed by atoms with Crippen molar-refractivity contribution < 1.29 is 4.79 Å². The Labute approximate surface area is 119 Å². The average molecular weight is 272 g/mol. The second kappa shape index (κ2) is 5.07. The van der Waals surface area contributed by atoms with E-state index in [1.807, 2.05) is 40.7 Å². The van der Waals surface area contributed by atoms with Crippen molar-refractivity contribution in [2.24, 2.45) is 0 Å². The van der Waals surface area contributed by atoms with Crippen LogP contribution in [0.2, 0.25) is 0 Å². The Balaban J connectivity index is 2.22. The van der Waals surface area contributed by atoms with E-state index >= 15 is 0 Å². The lowest BCUT2D eigenvalue weighted by atomic mass is 10.1. The molecule has 0 bridgehead atoms. The molecule has 0 spiro atoms. The number of nitrogens with one attached hydrogen (secondary N) is 1. The van der Waals surface area contributed by atoms with E-state index in [0.29, 0.717) is 11.4 Å². The normalized spacial score (nSPS) is 11.4. The molecule has 0 aliphatic heterocycles. The maximum atomic E-state index is 12.0. The van der Waals surface area contributed by atoms with Crippen LogP contribution < -0.4 is 5.32 Å². The Kier molecular flexibility index (Phi) is 3.61. The van der Waals surface area contributed by atoms with Crippen LogP contribution >= 0.6 is 0 Å². The standard InChI is InChI=1S/C15H20N4O/c1-10-8-11(2)19(18-10)13-7-6-12(9-16-13)14(20)17-15(3,4)5/h6-9H,1-5H3,(H,17,20). The van der Waals surface area contributed by atoms with Gasteiger partial charge in [-0.3, -0.25) is 4.79 Å². The maximum absolute atomic E-state index is 12.0. The zero-order valence-electron chi connectivity index (χ0n) is 12.6. The Morgan fingerprint density at radius 1 is 1.25 bits per heavy atom. The molecule has 0 aromatic carbocycles. The van der Waals surface area contributed by atoms with Crippen molar-refractivity contribution in [3.63, 3.8) is 0 Å². The molecule has 5 heteroatoms. The summed E-state index contributed by atoms with van der Waals surface area (Å²) in [6, 6.07) is 5.55. The van der Waals surface area contributed by atoms with Gasteiger partial charge in [-0.1, -0.05) is 0 Å². The minimum atomic E-state index is -0.258. The van der Waals surface area contributed by atoms with Gasteiger partial charge in [0.05, 0.1) is 11.3 Å². The summed E-state index contributed by atoms with van der Waals surface area (Å²) in [5.41, 5.74) is 2.25. The third kappa shape index (κ3) is 3.23. The highest BCUT2D eigenvalue weighted by Crippen LogP contribution is 2.11. The molecule has 2 rings (SSSR count). The average Bonchev–Trinajstić information content (AvgIpc) is 2.66. The van der Waals surface area contributed by atoms with Gasteiger partial charge in [0.1, 0.15) is 0 Å². The first-order valence-corrected chi connectivity index (χ1v) is 6.58. The molecular formula is C15H20N4O. The van der Waals surface area contributed by atoms with Gasteiger partial charge in [-0.25, -0.2) is 9.67 Å². The van der Waals surface area contributed by atoms with E-state index in [1.165, 1.54) is 0 Å². The summed E-state index contributed by atoms with van der Waals surface area (Å²) < 4.78 is 1.76. The van der Waals surface area contributed by atoms with E-state index in [-0.39, 0.29) is 11.4 Å². The number of hydrogen-bond acceptors (Lipinski definition) is 3. The number of aryl methyl sites for hydroxylation is 2. The summed E-state index contributed by atoms with van der Waals surface area (Å²) >= 11 is 0. The first kappa shape index (κ1) is 14.2. The molecule has 20 heavy (non-hydrogen) atoms.